The van der Waals surface area contributed by atoms with Crippen LogP contribution in [0.3, 0.4) is 0 Å². The van der Waals surface area contributed by atoms with Gasteiger partial charge in [0.1, 0.15) is 0 Å². The minimum Gasteiger partial charge on any atom is -0.339 e. The molecular formula is C10H17N3O. The molecule has 0 bridgehead atoms. The molecule has 1 heterocycles. The Morgan fingerprint density at radius 2 is 2.36 bits per heavy atom. The van der Waals surface area contributed by atoms with Gasteiger partial charge in [-0.25, -0.2) is 0 Å². The fraction of sp³-hybridized carbons (Fsp3) is 0.800. The maximum absolute atomic E-state index is 5.16. The Hall–Kier alpha value is -0.900. The van der Waals surface area contributed by atoms with Crippen molar-refractivity contribution in [3.63, 3.8) is 0 Å². The summed E-state index contributed by atoms with van der Waals surface area (Å²) in [5.74, 6) is 2.45. The molecule has 0 amide bonds. The molecular weight excluding hydrogens is 178 g/mol. The third kappa shape index (κ3) is 2.54. The quantitative estimate of drug-likeness (QED) is 0.766. The van der Waals surface area contributed by atoms with Crippen molar-refractivity contribution in [3.8, 4) is 0 Å². The van der Waals surface area contributed by atoms with Gasteiger partial charge in [0.05, 0.1) is 0 Å². The van der Waals surface area contributed by atoms with E-state index >= 15 is 0 Å². The molecule has 78 valence electrons. The van der Waals surface area contributed by atoms with Crippen LogP contribution in [0.4, 0.5) is 0 Å². The molecule has 0 radical (unpaired) electrons. The van der Waals surface area contributed by atoms with E-state index in [1.54, 1.807) is 0 Å². The zero-order chi connectivity index (χ0) is 9.97. The molecule has 1 aliphatic carbocycles. The molecule has 0 aromatic carbocycles. The molecule has 1 unspecified atom stereocenters. The standard InChI is InChI=1S/C10H17N3O/c1-7(11-2)5-10-12-9(13-14-10)6-8-3-4-8/h7-8,11H,3-6H2,1-2H3. The van der Waals surface area contributed by atoms with Crippen LogP contribution >= 0.6 is 0 Å². The lowest BCUT2D eigenvalue weighted by atomic mass is 10.2. The molecule has 1 N–H and O–H groups in total. The maximum atomic E-state index is 5.16. The summed E-state index contributed by atoms with van der Waals surface area (Å²) in [7, 11) is 1.94. The Kier molecular flexibility index (Phi) is 2.82. The average Bonchev–Trinajstić information content (AvgIpc) is 2.87. The average molecular weight is 195 g/mol. The van der Waals surface area contributed by atoms with Crippen LogP contribution in [-0.4, -0.2) is 23.2 Å². The Bertz CT molecular complexity index is 293. The minimum atomic E-state index is 0.393. The number of rotatable bonds is 5. The van der Waals surface area contributed by atoms with E-state index in [9.17, 15) is 0 Å². The first-order valence-electron chi connectivity index (χ1n) is 5.26. The third-order valence-electron chi connectivity index (χ3n) is 2.65. The maximum Gasteiger partial charge on any atom is 0.228 e. The smallest absolute Gasteiger partial charge is 0.228 e. The summed E-state index contributed by atoms with van der Waals surface area (Å²) in [5, 5.41) is 7.12. The number of aromatic nitrogens is 2. The van der Waals surface area contributed by atoms with Crippen molar-refractivity contribution in [3.05, 3.63) is 11.7 Å². The monoisotopic (exact) mass is 195 g/mol. The second-order valence-electron chi connectivity index (χ2n) is 4.15. The molecule has 1 saturated carbocycles. The van der Waals surface area contributed by atoms with E-state index in [4.69, 9.17) is 4.52 Å². The number of hydrogen-bond acceptors (Lipinski definition) is 4. The molecule has 1 atom stereocenters. The molecule has 14 heavy (non-hydrogen) atoms. The van der Waals surface area contributed by atoms with Crippen molar-refractivity contribution in [2.75, 3.05) is 7.05 Å². The van der Waals surface area contributed by atoms with Crippen LogP contribution in [0.2, 0.25) is 0 Å². The predicted molar refractivity (Wildman–Crippen MR) is 53.0 cm³/mol. The Morgan fingerprint density at radius 3 is 3.00 bits per heavy atom. The first kappa shape index (κ1) is 9.65. The molecule has 0 aliphatic heterocycles. The van der Waals surface area contributed by atoms with Crippen molar-refractivity contribution < 1.29 is 4.52 Å². The molecule has 2 rings (SSSR count). The fourth-order valence-corrected chi connectivity index (χ4v) is 1.40. The van der Waals surface area contributed by atoms with Crippen LogP contribution in [0.1, 0.15) is 31.5 Å². The van der Waals surface area contributed by atoms with E-state index in [1.807, 2.05) is 7.05 Å². The SMILES string of the molecule is CNC(C)Cc1nc(CC2CC2)no1. The predicted octanol–water partition coefficient (Wildman–Crippen LogP) is 1.17. The highest BCUT2D eigenvalue weighted by atomic mass is 16.5. The zero-order valence-electron chi connectivity index (χ0n) is 8.79. The van der Waals surface area contributed by atoms with Gasteiger partial charge < -0.3 is 9.84 Å². The number of hydrogen-bond donors (Lipinski definition) is 1. The summed E-state index contributed by atoms with van der Waals surface area (Å²) >= 11 is 0. The Balaban J connectivity index is 1.88. The van der Waals surface area contributed by atoms with Gasteiger partial charge in [-0.1, -0.05) is 5.16 Å². The van der Waals surface area contributed by atoms with E-state index in [-0.39, 0.29) is 0 Å². The van der Waals surface area contributed by atoms with Crippen molar-refractivity contribution in [1.82, 2.24) is 15.5 Å². The van der Waals surface area contributed by atoms with Gasteiger partial charge in [-0.05, 0) is 32.7 Å². The Morgan fingerprint density at radius 1 is 1.57 bits per heavy atom. The van der Waals surface area contributed by atoms with E-state index in [2.05, 4.69) is 22.4 Å². The van der Waals surface area contributed by atoms with Crippen molar-refractivity contribution >= 4 is 0 Å². The lowest BCUT2D eigenvalue weighted by Crippen LogP contribution is -2.23. The van der Waals surface area contributed by atoms with Crippen LogP contribution in [0.25, 0.3) is 0 Å². The molecule has 4 heteroatoms. The van der Waals surface area contributed by atoms with Crippen molar-refractivity contribution in [2.45, 2.75) is 38.6 Å². The van der Waals surface area contributed by atoms with E-state index in [0.717, 1.165) is 30.5 Å². The van der Waals surface area contributed by atoms with E-state index in [1.165, 1.54) is 12.8 Å². The molecule has 0 spiro atoms. The van der Waals surface area contributed by atoms with Crippen LogP contribution < -0.4 is 5.32 Å². The van der Waals surface area contributed by atoms with Gasteiger partial charge in [-0.15, -0.1) is 0 Å². The molecule has 1 aromatic rings. The highest BCUT2D eigenvalue weighted by molar-refractivity contribution is 4.93. The third-order valence-corrected chi connectivity index (χ3v) is 2.65. The van der Waals surface area contributed by atoms with Gasteiger partial charge in [0.2, 0.25) is 5.89 Å². The van der Waals surface area contributed by atoms with Gasteiger partial charge in [-0.3, -0.25) is 0 Å². The summed E-state index contributed by atoms with van der Waals surface area (Å²) in [6, 6.07) is 0.393. The number of likely N-dealkylation sites (N-methyl/N-ethyl adjacent to an activating group) is 1. The van der Waals surface area contributed by atoms with Gasteiger partial charge >= 0.3 is 0 Å². The van der Waals surface area contributed by atoms with Crippen LogP contribution in [0, 0.1) is 5.92 Å². The summed E-state index contributed by atoms with van der Waals surface area (Å²) < 4.78 is 5.16. The van der Waals surface area contributed by atoms with E-state index in [0.29, 0.717) is 6.04 Å². The van der Waals surface area contributed by atoms with Crippen molar-refractivity contribution in [2.24, 2.45) is 5.92 Å². The summed E-state index contributed by atoms with van der Waals surface area (Å²) in [6.07, 6.45) is 4.47. The molecule has 1 fully saturated rings. The van der Waals surface area contributed by atoms with Crippen LogP contribution in [-0.2, 0) is 12.8 Å². The molecule has 0 saturated heterocycles. The van der Waals surface area contributed by atoms with Gasteiger partial charge in [0, 0.05) is 18.9 Å². The summed E-state index contributed by atoms with van der Waals surface area (Å²) in [6.45, 7) is 2.10. The van der Waals surface area contributed by atoms with Crippen LogP contribution in [0.5, 0.6) is 0 Å². The minimum absolute atomic E-state index is 0.393. The van der Waals surface area contributed by atoms with Gasteiger partial charge in [0.25, 0.3) is 0 Å². The second-order valence-corrected chi connectivity index (χ2v) is 4.15. The first-order valence-corrected chi connectivity index (χ1v) is 5.26. The number of nitrogens with one attached hydrogen (secondary N) is 1. The van der Waals surface area contributed by atoms with E-state index < -0.39 is 0 Å². The van der Waals surface area contributed by atoms with Crippen LogP contribution in [0.15, 0.2) is 4.52 Å². The highest BCUT2D eigenvalue weighted by Gasteiger charge is 2.24. The summed E-state index contributed by atoms with van der Waals surface area (Å²) in [4.78, 5) is 4.36. The van der Waals surface area contributed by atoms with Crippen molar-refractivity contribution in [1.29, 1.82) is 0 Å². The lowest BCUT2D eigenvalue weighted by Gasteiger charge is -2.04. The topological polar surface area (TPSA) is 51.0 Å². The summed E-state index contributed by atoms with van der Waals surface area (Å²) in [5.41, 5.74) is 0. The molecule has 1 aliphatic rings. The second kappa shape index (κ2) is 4.09. The normalized spacial score (nSPS) is 18.4. The Labute approximate surface area is 84.1 Å². The zero-order valence-corrected chi connectivity index (χ0v) is 8.79. The fourth-order valence-electron chi connectivity index (χ4n) is 1.40. The van der Waals surface area contributed by atoms with Gasteiger partial charge in [-0.2, -0.15) is 4.98 Å². The number of nitrogens with zero attached hydrogens (tertiary/aromatic N) is 2. The lowest BCUT2D eigenvalue weighted by molar-refractivity contribution is 0.360. The molecule has 1 aromatic heterocycles. The first-order chi connectivity index (χ1) is 6.78. The highest BCUT2D eigenvalue weighted by Crippen LogP contribution is 2.31. The molecule has 4 nitrogen and oxygen atoms in total. The largest absolute Gasteiger partial charge is 0.339 e. The van der Waals surface area contributed by atoms with Gasteiger partial charge in [0.15, 0.2) is 5.82 Å².